The first-order valence-electron chi connectivity index (χ1n) is 9.30. The minimum absolute atomic E-state index is 0.0990. The van der Waals surface area contributed by atoms with Gasteiger partial charge >= 0.3 is 6.36 Å². The second-order valence-corrected chi connectivity index (χ2v) is 7.60. The number of aromatic nitrogens is 1. The number of carbonyl (C=O) groups excluding carboxylic acids is 1. The number of nitrogens with zero attached hydrogens (tertiary/aromatic N) is 2. The molecule has 2 fully saturated rings. The summed E-state index contributed by atoms with van der Waals surface area (Å²) in [6, 6.07) is 3.42. The van der Waals surface area contributed by atoms with Crippen LogP contribution < -0.4 is 10.9 Å². The van der Waals surface area contributed by atoms with Crippen molar-refractivity contribution in [3.8, 4) is 0 Å². The van der Waals surface area contributed by atoms with Gasteiger partial charge in [0.05, 0.1) is 6.10 Å². The zero-order chi connectivity index (χ0) is 19.2. The molecule has 0 radical (unpaired) electrons. The lowest BCUT2D eigenvalue weighted by atomic mass is 9.84. The van der Waals surface area contributed by atoms with Crippen LogP contribution in [0.15, 0.2) is 16.9 Å². The molecule has 0 unspecified atom stereocenters. The molecule has 2 bridgehead atoms. The summed E-state index contributed by atoms with van der Waals surface area (Å²) in [4.78, 5) is 27.1. The standard InChI is InChI=1S/C18H22F3N3O3/c19-18(20,21)27-13-3-5-23(6-4-13)16(25)14-1-2-15-12-7-11(8-22-9-12)10-24(15)17(14)26/h1-2,11-13,22H,3-10H2/t11-,12+/m0/s1. The van der Waals surface area contributed by atoms with Crippen LogP contribution in [0.2, 0.25) is 0 Å². The molecule has 1 N–H and O–H groups in total. The van der Waals surface area contributed by atoms with Crippen molar-refractivity contribution in [1.82, 2.24) is 14.8 Å². The molecule has 148 valence electrons. The molecular formula is C18H22F3N3O3. The fourth-order valence-corrected chi connectivity index (χ4v) is 4.49. The maximum atomic E-state index is 12.9. The van der Waals surface area contributed by atoms with Crippen LogP contribution in [0.1, 0.15) is 41.2 Å². The fraction of sp³-hybridized carbons (Fsp3) is 0.667. The predicted molar refractivity (Wildman–Crippen MR) is 90.5 cm³/mol. The van der Waals surface area contributed by atoms with Crippen LogP contribution >= 0.6 is 0 Å². The van der Waals surface area contributed by atoms with Gasteiger partial charge in [-0.05, 0) is 43.9 Å². The molecule has 3 aliphatic rings. The highest BCUT2D eigenvalue weighted by atomic mass is 19.4. The first-order chi connectivity index (χ1) is 12.8. The third-order valence-electron chi connectivity index (χ3n) is 5.77. The zero-order valence-corrected chi connectivity index (χ0v) is 14.8. The molecule has 0 saturated carbocycles. The van der Waals surface area contributed by atoms with E-state index in [0.717, 1.165) is 25.2 Å². The Morgan fingerprint density at radius 2 is 1.93 bits per heavy atom. The zero-order valence-electron chi connectivity index (χ0n) is 14.8. The van der Waals surface area contributed by atoms with Gasteiger partial charge in [-0.2, -0.15) is 0 Å². The quantitative estimate of drug-likeness (QED) is 0.842. The van der Waals surface area contributed by atoms with Crippen molar-refractivity contribution in [3.63, 3.8) is 0 Å². The maximum absolute atomic E-state index is 12.9. The minimum atomic E-state index is -4.67. The molecule has 0 aromatic carbocycles. The second-order valence-electron chi connectivity index (χ2n) is 7.60. The molecule has 0 spiro atoms. The number of likely N-dealkylation sites (tertiary alicyclic amines) is 1. The molecule has 1 amide bonds. The van der Waals surface area contributed by atoms with Gasteiger partial charge in [-0.15, -0.1) is 13.2 Å². The molecule has 1 aromatic rings. The van der Waals surface area contributed by atoms with Gasteiger partial charge in [-0.3, -0.25) is 14.3 Å². The van der Waals surface area contributed by atoms with Gasteiger partial charge in [0, 0.05) is 37.8 Å². The van der Waals surface area contributed by atoms with E-state index in [9.17, 15) is 22.8 Å². The van der Waals surface area contributed by atoms with Crippen LogP contribution in [0.3, 0.4) is 0 Å². The molecule has 27 heavy (non-hydrogen) atoms. The number of fused-ring (bicyclic) bond motifs is 4. The normalized spacial score (nSPS) is 26.0. The van der Waals surface area contributed by atoms with Crippen LogP contribution in [-0.4, -0.2) is 54.0 Å². The summed E-state index contributed by atoms with van der Waals surface area (Å²) in [6.07, 6.45) is -4.35. The van der Waals surface area contributed by atoms with Crippen LogP contribution in [0, 0.1) is 5.92 Å². The number of ether oxygens (including phenoxy) is 1. The molecule has 3 aliphatic heterocycles. The van der Waals surface area contributed by atoms with Crippen molar-refractivity contribution < 1.29 is 22.7 Å². The van der Waals surface area contributed by atoms with E-state index >= 15 is 0 Å². The van der Waals surface area contributed by atoms with Crippen LogP contribution in [-0.2, 0) is 11.3 Å². The Morgan fingerprint density at radius 3 is 2.63 bits per heavy atom. The van der Waals surface area contributed by atoms with E-state index in [4.69, 9.17) is 0 Å². The molecule has 1 aromatic heterocycles. The highest BCUT2D eigenvalue weighted by Gasteiger charge is 2.37. The number of hydrogen-bond donors (Lipinski definition) is 1. The van der Waals surface area contributed by atoms with Crippen molar-refractivity contribution in [2.75, 3.05) is 26.2 Å². The van der Waals surface area contributed by atoms with E-state index in [1.54, 1.807) is 10.6 Å². The van der Waals surface area contributed by atoms with Crippen molar-refractivity contribution in [3.05, 3.63) is 33.7 Å². The average Bonchev–Trinajstić information content (AvgIpc) is 2.62. The van der Waals surface area contributed by atoms with Gasteiger partial charge in [0.2, 0.25) is 0 Å². The summed E-state index contributed by atoms with van der Waals surface area (Å²) < 4.78 is 42.7. The van der Waals surface area contributed by atoms with E-state index in [2.05, 4.69) is 10.1 Å². The molecule has 9 heteroatoms. The van der Waals surface area contributed by atoms with Crippen molar-refractivity contribution >= 4 is 5.91 Å². The van der Waals surface area contributed by atoms with E-state index in [1.165, 1.54) is 4.90 Å². The van der Waals surface area contributed by atoms with E-state index < -0.39 is 18.4 Å². The highest BCUT2D eigenvalue weighted by Crippen LogP contribution is 2.32. The van der Waals surface area contributed by atoms with Crippen LogP contribution in [0.25, 0.3) is 0 Å². The second kappa shape index (κ2) is 6.94. The molecular weight excluding hydrogens is 363 g/mol. The lowest BCUT2D eigenvalue weighted by Gasteiger charge is -2.38. The number of alkyl halides is 3. The largest absolute Gasteiger partial charge is 0.522 e. The lowest BCUT2D eigenvalue weighted by Crippen LogP contribution is -2.47. The molecule has 6 nitrogen and oxygen atoms in total. The summed E-state index contributed by atoms with van der Waals surface area (Å²) in [6.45, 7) is 2.59. The van der Waals surface area contributed by atoms with E-state index in [0.29, 0.717) is 12.5 Å². The number of nitrogens with one attached hydrogen (secondary N) is 1. The lowest BCUT2D eigenvalue weighted by molar-refractivity contribution is -0.345. The minimum Gasteiger partial charge on any atom is -0.338 e. The summed E-state index contributed by atoms with van der Waals surface area (Å²) in [5.41, 5.74) is 0.766. The third-order valence-corrected chi connectivity index (χ3v) is 5.77. The van der Waals surface area contributed by atoms with Gasteiger partial charge in [0.25, 0.3) is 11.5 Å². The average molecular weight is 385 g/mol. The Kier molecular flexibility index (Phi) is 4.75. The Bertz CT molecular complexity index is 784. The third kappa shape index (κ3) is 3.75. The fourth-order valence-electron chi connectivity index (χ4n) is 4.49. The van der Waals surface area contributed by atoms with Gasteiger partial charge in [0.15, 0.2) is 0 Å². The molecule has 4 rings (SSSR count). The number of pyridine rings is 1. The predicted octanol–water partition coefficient (Wildman–Crippen LogP) is 1.70. The monoisotopic (exact) mass is 385 g/mol. The topological polar surface area (TPSA) is 63.6 Å². The van der Waals surface area contributed by atoms with E-state index in [1.807, 2.05) is 6.07 Å². The smallest absolute Gasteiger partial charge is 0.338 e. The van der Waals surface area contributed by atoms with Crippen molar-refractivity contribution in [2.24, 2.45) is 5.92 Å². The molecule has 2 saturated heterocycles. The van der Waals surface area contributed by atoms with Gasteiger partial charge in [0.1, 0.15) is 5.56 Å². The first kappa shape index (κ1) is 18.5. The van der Waals surface area contributed by atoms with Crippen LogP contribution in [0.5, 0.6) is 0 Å². The SMILES string of the molecule is O=C(c1ccc2n(c1=O)C[C@@H]1CNC[C@H]2C1)N1CCC(OC(F)(F)F)CC1. The highest BCUT2D eigenvalue weighted by molar-refractivity contribution is 5.94. The Labute approximate surface area is 154 Å². The summed E-state index contributed by atoms with van der Waals surface area (Å²) >= 11 is 0. The molecule has 2 atom stereocenters. The number of halogens is 3. The van der Waals surface area contributed by atoms with Gasteiger partial charge in [-0.25, -0.2) is 0 Å². The number of rotatable bonds is 2. The summed E-state index contributed by atoms with van der Waals surface area (Å²) in [7, 11) is 0. The summed E-state index contributed by atoms with van der Waals surface area (Å²) in [5, 5.41) is 3.37. The van der Waals surface area contributed by atoms with Crippen LogP contribution in [0.4, 0.5) is 13.2 Å². The summed E-state index contributed by atoms with van der Waals surface area (Å²) in [5.74, 6) is 0.258. The number of amides is 1. The molecule has 0 aliphatic carbocycles. The Morgan fingerprint density at radius 1 is 1.19 bits per heavy atom. The number of hydrogen-bond acceptors (Lipinski definition) is 4. The number of piperidine rings is 2. The van der Waals surface area contributed by atoms with Gasteiger partial charge < -0.3 is 14.8 Å². The number of carbonyl (C=O) groups is 1. The first-order valence-corrected chi connectivity index (χ1v) is 9.30. The Balaban J connectivity index is 1.49. The van der Waals surface area contributed by atoms with E-state index in [-0.39, 0.29) is 43.0 Å². The van der Waals surface area contributed by atoms with Crippen molar-refractivity contribution in [1.29, 1.82) is 0 Å². The Hall–Kier alpha value is -1.87. The van der Waals surface area contributed by atoms with Gasteiger partial charge in [-0.1, -0.05) is 0 Å². The van der Waals surface area contributed by atoms with Crippen molar-refractivity contribution in [2.45, 2.75) is 44.2 Å². The molecule has 4 heterocycles. The maximum Gasteiger partial charge on any atom is 0.522 e.